The van der Waals surface area contributed by atoms with Gasteiger partial charge in [-0.2, -0.15) is 18.2 Å². The van der Waals surface area contributed by atoms with Crippen LogP contribution in [0.15, 0.2) is 24.3 Å². The number of fused-ring (bicyclic) bond motifs is 1. The molecule has 25 heavy (non-hydrogen) atoms. The maximum absolute atomic E-state index is 12.8. The summed E-state index contributed by atoms with van der Waals surface area (Å²) in [4.78, 5) is 10.2. The highest BCUT2D eigenvalue weighted by atomic mass is 19.4. The summed E-state index contributed by atoms with van der Waals surface area (Å²) in [7, 11) is 0. The summed E-state index contributed by atoms with van der Waals surface area (Å²) >= 11 is 0. The number of benzene rings is 1. The highest BCUT2D eigenvalue weighted by Gasteiger charge is 2.56. The van der Waals surface area contributed by atoms with Crippen molar-refractivity contribution >= 4 is 10.9 Å². The van der Waals surface area contributed by atoms with Crippen LogP contribution in [-0.2, 0) is 0 Å². The number of halogens is 3. The van der Waals surface area contributed by atoms with Crippen LogP contribution in [0.4, 0.5) is 13.2 Å². The number of aryl methyl sites for hydroxylation is 1. The lowest BCUT2D eigenvalue weighted by molar-refractivity contribution is -0.253. The van der Waals surface area contributed by atoms with Crippen molar-refractivity contribution in [1.29, 1.82) is 0 Å². The summed E-state index contributed by atoms with van der Waals surface area (Å²) in [5, 5.41) is 10.5. The van der Waals surface area contributed by atoms with Crippen LogP contribution in [-0.4, -0.2) is 58.0 Å². The molecule has 1 aliphatic rings. The number of alkyl halides is 3. The van der Waals surface area contributed by atoms with Gasteiger partial charge in [-0.3, -0.25) is 4.90 Å². The van der Waals surface area contributed by atoms with Crippen molar-refractivity contribution < 1.29 is 23.0 Å². The Labute approximate surface area is 143 Å². The van der Waals surface area contributed by atoms with Crippen LogP contribution in [0.25, 0.3) is 10.9 Å². The first-order chi connectivity index (χ1) is 11.8. The lowest BCUT2D eigenvalue weighted by Crippen LogP contribution is -2.47. The van der Waals surface area contributed by atoms with Gasteiger partial charge >= 0.3 is 6.18 Å². The second-order valence-corrected chi connectivity index (χ2v) is 6.35. The molecule has 0 radical (unpaired) electrons. The third kappa shape index (κ3) is 3.85. The van der Waals surface area contributed by atoms with E-state index >= 15 is 0 Å². The molecular weight excluding hydrogens is 335 g/mol. The SMILES string of the molecule is Cc1nc(OCCCN2CCC(O)(C(F)(F)F)C2)c2ccccc2n1. The minimum absolute atomic E-state index is 0.228. The fourth-order valence-electron chi connectivity index (χ4n) is 3.02. The molecule has 1 atom stereocenters. The number of likely N-dealkylation sites (tertiary alicyclic amines) is 1. The smallest absolute Gasteiger partial charge is 0.418 e. The summed E-state index contributed by atoms with van der Waals surface area (Å²) in [6, 6.07) is 7.50. The number of hydrogen-bond acceptors (Lipinski definition) is 5. The highest BCUT2D eigenvalue weighted by Crippen LogP contribution is 2.37. The number of aromatic nitrogens is 2. The van der Waals surface area contributed by atoms with Gasteiger partial charge < -0.3 is 9.84 Å². The maximum Gasteiger partial charge on any atom is 0.418 e. The van der Waals surface area contributed by atoms with Crippen LogP contribution in [0.3, 0.4) is 0 Å². The van der Waals surface area contributed by atoms with Crippen LogP contribution in [0, 0.1) is 6.92 Å². The van der Waals surface area contributed by atoms with E-state index in [4.69, 9.17) is 4.74 Å². The zero-order valence-electron chi connectivity index (χ0n) is 13.9. The summed E-state index contributed by atoms with van der Waals surface area (Å²) in [5.74, 6) is 1.08. The van der Waals surface area contributed by atoms with Crippen LogP contribution >= 0.6 is 0 Å². The van der Waals surface area contributed by atoms with Gasteiger partial charge in [-0.15, -0.1) is 0 Å². The van der Waals surface area contributed by atoms with Crippen LogP contribution in [0.1, 0.15) is 18.7 Å². The second kappa shape index (κ2) is 6.76. The topological polar surface area (TPSA) is 58.5 Å². The number of aliphatic hydroxyl groups is 1. The summed E-state index contributed by atoms with van der Waals surface area (Å²) in [6.45, 7) is 2.39. The van der Waals surface area contributed by atoms with E-state index in [9.17, 15) is 18.3 Å². The molecule has 8 heteroatoms. The average molecular weight is 355 g/mol. The zero-order chi connectivity index (χ0) is 18.1. The molecule has 3 rings (SSSR count). The van der Waals surface area contributed by atoms with Crippen LogP contribution in [0.2, 0.25) is 0 Å². The van der Waals surface area contributed by atoms with Gasteiger partial charge in [0, 0.05) is 19.6 Å². The minimum Gasteiger partial charge on any atom is -0.477 e. The van der Waals surface area contributed by atoms with Crippen molar-refractivity contribution in [3.05, 3.63) is 30.1 Å². The first-order valence-electron chi connectivity index (χ1n) is 8.16. The second-order valence-electron chi connectivity index (χ2n) is 6.35. The fraction of sp³-hybridized carbons (Fsp3) is 0.529. The minimum atomic E-state index is -4.59. The Kier molecular flexibility index (Phi) is 4.83. The molecule has 1 saturated heterocycles. The zero-order valence-corrected chi connectivity index (χ0v) is 13.9. The third-order valence-corrected chi connectivity index (χ3v) is 4.39. The van der Waals surface area contributed by atoms with E-state index in [1.807, 2.05) is 24.3 Å². The molecule has 1 unspecified atom stereocenters. The Balaban J connectivity index is 1.53. The van der Waals surface area contributed by atoms with E-state index in [2.05, 4.69) is 9.97 Å². The maximum atomic E-state index is 12.8. The molecule has 1 N–H and O–H groups in total. The van der Waals surface area contributed by atoms with E-state index in [0.29, 0.717) is 31.3 Å². The molecule has 5 nitrogen and oxygen atoms in total. The highest BCUT2D eigenvalue weighted by molar-refractivity contribution is 5.83. The van der Waals surface area contributed by atoms with E-state index in [1.165, 1.54) is 0 Å². The van der Waals surface area contributed by atoms with E-state index in [-0.39, 0.29) is 19.5 Å². The Bertz CT molecular complexity index is 753. The Morgan fingerprint density at radius 2 is 2.04 bits per heavy atom. The van der Waals surface area contributed by atoms with Gasteiger partial charge in [-0.1, -0.05) is 12.1 Å². The predicted molar refractivity (Wildman–Crippen MR) is 86.4 cm³/mol. The van der Waals surface area contributed by atoms with Crippen molar-refractivity contribution in [2.24, 2.45) is 0 Å². The lowest BCUT2D eigenvalue weighted by Gasteiger charge is -2.26. The molecule has 1 fully saturated rings. The number of β-amino-alcohol motifs (C(OH)–C–C–N with tert-alkyl or cyclic N) is 1. The molecule has 0 amide bonds. The average Bonchev–Trinajstić information content (AvgIpc) is 2.94. The number of hydrogen-bond donors (Lipinski definition) is 1. The molecule has 1 aromatic carbocycles. The van der Waals surface area contributed by atoms with E-state index < -0.39 is 11.8 Å². The molecule has 1 aliphatic heterocycles. The van der Waals surface area contributed by atoms with Crippen molar-refractivity contribution in [1.82, 2.24) is 14.9 Å². The Morgan fingerprint density at radius 1 is 1.28 bits per heavy atom. The van der Waals surface area contributed by atoms with Gasteiger partial charge in [0.1, 0.15) is 5.82 Å². The first kappa shape index (κ1) is 17.9. The molecule has 1 aromatic heterocycles. The number of rotatable bonds is 5. The molecule has 2 aromatic rings. The van der Waals surface area contributed by atoms with Crippen molar-refractivity contribution in [3.8, 4) is 5.88 Å². The van der Waals surface area contributed by atoms with Gasteiger partial charge in [0.15, 0.2) is 5.60 Å². The molecule has 0 bridgehead atoms. The first-order valence-corrected chi connectivity index (χ1v) is 8.16. The molecular formula is C17H20F3N3O2. The van der Waals surface area contributed by atoms with E-state index in [0.717, 1.165) is 10.9 Å². The molecule has 0 aliphatic carbocycles. The van der Waals surface area contributed by atoms with Gasteiger partial charge in [0.05, 0.1) is 17.5 Å². The number of ether oxygens (including phenoxy) is 1. The monoisotopic (exact) mass is 355 g/mol. The van der Waals surface area contributed by atoms with Gasteiger partial charge in [0.2, 0.25) is 5.88 Å². The van der Waals surface area contributed by atoms with Crippen LogP contribution in [0.5, 0.6) is 5.88 Å². The Hall–Kier alpha value is -1.93. The predicted octanol–water partition coefficient (Wildman–Crippen LogP) is 2.71. The number of para-hydroxylation sites is 1. The molecule has 2 heterocycles. The number of nitrogens with zero attached hydrogens (tertiary/aromatic N) is 3. The molecule has 136 valence electrons. The van der Waals surface area contributed by atoms with Crippen molar-refractivity contribution in [2.45, 2.75) is 31.5 Å². The van der Waals surface area contributed by atoms with Crippen LogP contribution < -0.4 is 4.74 Å². The summed E-state index contributed by atoms with van der Waals surface area (Å²) < 4.78 is 44.1. The fourth-order valence-corrected chi connectivity index (χ4v) is 3.02. The third-order valence-electron chi connectivity index (χ3n) is 4.39. The van der Waals surface area contributed by atoms with Crippen molar-refractivity contribution in [2.75, 3.05) is 26.2 Å². The Morgan fingerprint density at radius 3 is 2.76 bits per heavy atom. The standard InChI is InChI=1S/C17H20F3N3O2/c1-12-21-14-6-3-2-5-13(14)15(22-12)25-10-4-8-23-9-7-16(24,11-23)17(18,19)20/h2-3,5-6,24H,4,7-11H2,1H3. The van der Waals surface area contributed by atoms with Gasteiger partial charge in [0.25, 0.3) is 0 Å². The van der Waals surface area contributed by atoms with Crippen molar-refractivity contribution in [3.63, 3.8) is 0 Å². The summed E-state index contributed by atoms with van der Waals surface area (Å²) in [5.41, 5.74) is -1.80. The van der Waals surface area contributed by atoms with Gasteiger partial charge in [-0.25, -0.2) is 4.98 Å². The molecule has 0 saturated carbocycles. The molecule has 0 spiro atoms. The summed E-state index contributed by atoms with van der Waals surface area (Å²) in [6.07, 6.45) is -4.33. The largest absolute Gasteiger partial charge is 0.477 e. The quantitative estimate of drug-likeness (QED) is 0.836. The van der Waals surface area contributed by atoms with Gasteiger partial charge in [-0.05, 0) is 31.9 Å². The normalized spacial score (nSPS) is 21.8. The van der Waals surface area contributed by atoms with E-state index in [1.54, 1.807) is 11.8 Å². The lowest BCUT2D eigenvalue weighted by atomic mass is 10.0.